The summed E-state index contributed by atoms with van der Waals surface area (Å²) >= 11 is 9.95. The summed E-state index contributed by atoms with van der Waals surface area (Å²) in [4.78, 5) is 0. The number of ether oxygens (including phenoxy) is 1. The fourth-order valence-corrected chi connectivity index (χ4v) is 7.38. The number of benzene rings is 2. The van der Waals surface area contributed by atoms with Crippen molar-refractivity contribution in [3.63, 3.8) is 0 Å². The first-order chi connectivity index (χ1) is 14.5. The molecule has 30 heavy (non-hydrogen) atoms. The van der Waals surface area contributed by atoms with E-state index in [0.29, 0.717) is 18.1 Å². The van der Waals surface area contributed by atoms with E-state index in [9.17, 15) is 0 Å². The molecule has 0 spiro atoms. The van der Waals surface area contributed by atoms with E-state index in [2.05, 4.69) is 40.3 Å². The first-order valence-electron chi connectivity index (χ1n) is 11.4. The molecule has 0 saturated heterocycles. The van der Waals surface area contributed by atoms with Gasteiger partial charge in [-0.15, -0.1) is 0 Å². The van der Waals surface area contributed by atoms with Gasteiger partial charge < -0.3 is 10.1 Å². The topological polar surface area (TPSA) is 21.3 Å². The van der Waals surface area contributed by atoms with Crippen molar-refractivity contribution in [2.24, 2.45) is 23.2 Å². The van der Waals surface area contributed by atoms with Crippen LogP contribution in [0.3, 0.4) is 0 Å². The lowest BCUT2D eigenvalue weighted by Crippen LogP contribution is -2.54. The molecule has 0 amide bonds. The van der Waals surface area contributed by atoms with Gasteiger partial charge in [-0.25, -0.2) is 0 Å². The number of hydrogen-bond donors (Lipinski definition) is 1. The second kappa shape index (κ2) is 8.48. The molecule has 1 atom stereocenters. The molecule has 4 aliphatic carbocycles. The molecule has 4 saturated carbocycles. The standard InChI is InChI=1S/C26H31BrClNO/c1-17(26-12-18-8-19(13-26)10-20(9-18)14-26)29-15-22-11-23(27)6-7-25(22)30-16-21-4-2-3-5-24(21)28/h2-7,11,17-20,29H,8-10,12-16H2,1H3/t17-,18?,19?,20?,26?/m0/s1. The molecule has 4 fully saturated rings. The van der Waals surface area contributed by atoms with Gasteiger partial charge in [-0.05, 0) is 92.9 Å². The molecule has 160 valence electrons. The van der Waals surface area contributed by atoms with Crippen molar-refractivity contribution in [2.45, 2.75) is 64.6 Å². The zero-order valence-corrected chi connectivity index (χ0v) is 20.0. The maximum atomic E-state index is 6.31. The van der Waals surface area contributed by atoms with Crippen molar-refractivity contribution < 1.29 is 4.74 Å². The van der Waals surface area contributed by atoms with Crippen LogP contribution in [0.5, 0.6) is 5.75 Å². The SMILES string of the molecule is C[C@H](NCc1cc(Br)ccc1OCc1ccccc1Cl)C12CC3CC(CC(C3)C1)C2. The van der Waals surface area contributed by atoms with Crippen LogP contribution in [0.25, 0.3) is 0 Å². The van der Waals surface area contributed by atoms with Crippen LogP contribution < -0.4 is 10.1 Å². The normalized spacial score (nSPS) is 30.4. The first kappa shape index (κ1) is 20.8. The van der Waals surface area contributed by atoms with Crippen molar-refractivity contribution in [1.82, 2.24) is 5.32 Å². The fraction of sp³-hybridized carbons (Fsp3) is 0.538. The number of hydrogen-bond acceptors (Lipinski definition) is 2. The van der Waals surface area contributed by atoms with Crippen LogP contribution in [-0.2, 0) is 13.2 Å². The zero-order chi connectivity index (χ0) is 20.7. The minimum Gasteiger partial charge on any atom is -0.489 e. The Morgan fingerprint density at radius 3 is 2.37 bits per heavy atom. The molecular weight excluding hydrogens is 458 g/mol. The molecule has 0 unspecified atom stereocenters. The Bertz CT molecular complexity index is 878. The summed E-state index contributed by atoms with van der Waals surface area (Å²) in [6.45, 7) is 3.74. The van der Waals surface area contributed by atoms with E-state index < -0.39 is 0 Å². The third-order valence-electron chi connectivity index (χ3n) is 7.97. The Morgan fingerprint density at radius 2 is 1.70 bits per heavy atom. The van der Waals surface area contributed by atoms with Crippen LogP contribution in [0.2, 0.25) is 5.02 Å². The van der Waals surface area contributed by atoms with Crippen molar-refractivity contribution in [3.05, 3.63) is 63.1 Å². The fourth-order valence-electron chi connectivity index (χ4n) is 6.79. The van der Waals surface area contributed by atoms with Crippen LogP contribution in [0, 0.1) is 23.2 Å². The smallest absolute Gasteiger partial charge is 0.124 e. The highest BCUT2D eigenvalue weighted by Gasteiger charge is 2.52. The molecule has 0 aromatic heterocycles. The van der Waals surface area contributed by atoms with Crippen molar-refractivity contribution in [2.75, 3.05) is 0 Å². The number of halogens is 2. The van der Waals surface area contributed by atoms with E-state index >= 15 is 0 Å². The summed E-state index contributed by atoms with van der Waals surface area (Å²) < 4.78 is 7.29. The summed E-state index contributed by atoms with van der Waals surface area (Å²) in [5, 5.41) is 4.66. The second-order valence-electron chi connectivity index (χ2n) is 10.0. The predicted octanol–water partition coefficient (Wildman–Crippen LogP) is 7.38. The van der Waals surface area contributed by atoms with Crippen molar-refractivity contribution in [1.29, 1.82) is 0 Å². The summed E-state index contributed by atoms with van der Waals surface area (Å²) in [5.41, 5.74) is 2.73. The predicted molar refractivity (Wildman–Crippen MR) is 127 cm³/mol. The molecule has 4 bridgehead atoms. The van der Waals surface area contributed by atoms with Gasteiger partial charge in [0.25, 0.3) is 0 Å². The largest absolute Gasteiger partial charge is 0.489 e. The van der Waals surface area contributed by atoms with E-state index in [1.165, 1.54) is 44.1 Å². The Balaban J connectivity index is 1.27. The highest BCUT2D eigenvalue weighted by Crippen LogP contribution is 2.61. The highest BCUT2D eigenvalue weighted by atomic mass is 79.9. The van der Waals surface area contributed by atoms with Gasteiger partial charge in [0.15, 0.2) is 0 Å². The van der Waals surface area contributed by atoms with E-state index in [4.69, 9.17) is 16.3 Å². The second-order valence-corrected chi connectivity index (χ2v) is 11.3. The summed E-state index contributed by atoms with van der Waals surface area (Å²) in [7, 11) is 0. The molecule has 0 radical (unpaired) electrons. The van der Waals surface area contributed by atoms with Crippen LogP contribution in [0.1, 0.15) is 56.6 Å². The van der Waals surface area contributed by atoms with Gasteiger partial charge in [0, 0.05) is 33.2 Å². The molecule has 4 aliphatic rings. The van der Waals surface area contributed by atoms with Crippen LogP contribution in [-0.4, -0.2) is 6.04 Å². The Kier molecular flexibility index (Phi) is 5.90. The lowest BCUT2D eigenvalue weighted by Gasteiger charge is -2.59. The Morgan fingerprint density at radius 1 is 1.03 bits per heavy atom. The summed E-state index contributed by atoms with van der Waals surface area (Å²) in [6, 6.07) is 14.7. The van der Waals surface area contributed by atoms with Gasteiger partial charge in [0.05, 0.1) is 0 Å². The van der Waals surface area contributed by atoms with Gasteiger partial charge in [-0.1, -0.05) is 45.7 Å². The van der Waals surface area contributed by atoms with Crippen LogP contribution >= 0.6 is 27.5 Å². The average Bonchev–Trinajstić information content (AvgIpc) is 2.71. The molecule has 0 aliphatic heterocycles. The third-order valence-corrected chi connectivity index (χ3v) is 8.83. The van der Waals surface area contributed by atoms with E-state index in [1.54, 1.807) is 0 Å². The Hall–Kier alpha value is -1.03. The molecule has 1 N–H and O–H groups in total. The number of rotatable bonds is 7. The zero-order valence-electron chi connectivity index (χ0n) is 17.7. The van der Waals surface area contributed by atoms with Gasteiger partial charge in [0.2, 0.25) is 0 Å². The van der Waals surface area contributed by atoms with Crippen LogP contribution in [0.4, 0.5) is 0 Å². The molecule has 6 rings (SSSR count). The van der Waals surface area contributed by atoms with Crippen LogP contribution in [0.15, 0.2) is 46.9 Å². The van der Waals surface area contributed by atoms with Crippen molar-refractivity contribution in [3.8, 4) is 5.75 Å². The lowest BCUT2D eigenvalue weighted by molar-refractivity contribution is -0.0706. The first-order valence-corrected chi connectivity index (χ1v) is 12.6. The van der Waals surface area contributed by atoms with Gasteiger partial charge in [-0.2, -0.15) is 0 Å². The highest BCUT2D eigenvalue weighted by molar-refractivity contribution is 9.10. The van der Waals surface area contributed by atoms with Gasteiger partial charge in [-0.3, -0.25) is 0 Å². The monoisotopic (exact) mass is 487 g/mol. The number of nitrogens with one attached hydrogen (secondary N) is 1. The molecule has 0 heterocycles. The minimum atomic E-state index is 0.485. The molecule has 4 heteroatoms. The molecular formula is C26H31BrClNO. The van der Waals surface area contributed by atoms with E-state index in [1.807, 2.05) is 30.3 Å². The maximum Gasteiger partial charge on any atom is 0.124 e. The average molecular weight is 489 g/mol. The molecule has 2 nitrogen and oxygen atoms in total. The van der Waals surface area contributed by atoms with Gasteiger partial charge >= 0.3 is 0 Å². The molecule has 2 aromatic rings. The van der Waals surface area contributed by atoms with E-state index in [-0.39, 0.29) is 0 Å². The van der Waals surface area contributed by atoms with Gasteiger partial charge in [0.1, 0.15) is 12.4 Å². The Labute approximate surface area is 193 Å². The quantitative estimate of drug-likeness (QED) is 0.439. The summed E-state index contributed by atoms with van der Waals surface area (Å²) in [6.07, 6.45) is 8.79. The molecule has 2 aromatic carbocycles. The third kappa shape index (κ3) is 4.18. The van der Waals surface area contributed by atoms with E-state index in [0.717, 1.165) is 45.1 Å². The van der Waals surface area contributed by atoms with Crippen molar-refractivity contribution >= 4 is 27.5 Å². The maximum absolute atomic E-state index is 6.31. The lowest BCUT2D eigenvalue weighted by atomic mass is 9.48. The summed E-state index contributed by atoms with van der Waals surface area (Å²) in [5.74, 6) is 3.89. The minimum absolute atomic E-state index is 0.485.